The zero-order chi connectivity index (χ0) is 32.8. The van der Waals surface area contributed by atoms with Gasteiger partial charge in [-0.15, -0.1) is 0 Å². The molecular weight excluding hydrogens is 602 g/mol. The number of H-pyrrole nitrogens is 1. The number of nitrogens with zero attached hydrogens (tertiary/aromatic N) is 1. The topological polar surface area (TPSA) is 139 Å². The van der Waals surface area contributed by atoms with E-state index in [1.807, 2.05) is 43.3 Å². The van der Waals surface area contributed by atoms with Crippen molar-refractivity contribution in [3.05, 3.63) is 54.3 Å². The average molecular weight is 650 g/mol. The Morgan fingerprint density at radius 1 is 1.11 bits per heavy atom. The van der Waals surface area contributed by atoms with Gasteiger partial charge in [0.25, 0.3) is 0 Å². The number of nitrogens with one attached hydrogen (secondary N) is 2. The Morgan fingerprint density at radius 3 is 2.77 bits per heavy atom. The molecule has 11 nitrogen and oxygen atoms in total. The fourth-order valence-corrected chi connectivity index (χ4v) is 6.70. The van der Waals surface area contributed by atoms with Crippen LogP contribution in [0.15, 0.2) is 53.1 Å². The number of carbonyl (C=O) groups is 1. The van der Waals surface area contributed by atoms with E-state index in [2.05, 4.69) is 22.1 Å². The summed E-state index contributed by atoms with van der Waals surface area (Å²) in [6.07, 6.45) is 5.07. The van der Waals surface area contributed by atoms with Crippen molar-refractivity contribution in [1.29, 1.82) is 0 Å². The van der Waals surface area contributed by atoms with Crippen molar-refractivity contribution in [2.24, 2.45) is 5.92 Å². The number of amides is 1. The van der Waals surface area contributed by atoms with Crippen molar-refractivity contribution in [3.8, 4) is 17.4 Å². The van der Waals surface area contributed by atoms with Crippen molar-refractivity contribution >= 4 is 28.0 Å². The summed E-state index contributed by atoms with van der Waals surface area (Å²) < 4.78 is 28.7. The number of benzene rings is 2. The van der Waals surface area contributed by atoms with Gasteiger partial charge in [-0.1, -0.05) is 13.0 Å². The van der Waals surface area contributed by atoms with E-state index in [4.69, 9.17) is 23.4 Å². The molecule has 4 N–H and O–H groups in total. The van der Waals surface area contributed by atoms with Crippen molar-refractivity contribution < 1.29 is 38.4 Å². The van der Waals surface area contributed by atoms with Crippen molar-refractivity contribution in [1.82, 2.24) is 15.2 Å². The number of aliphatic hydroxyl groups excluding tert-OH is 1. The molecule has 1 aliphatic heterocycles. The minimum absolute atomic E-state index is 0.0568. The molecule has 2 fully saturated rings. The van der Waals surface area contributed by atoms with E-state index in [0.29, 0.717) is 70.2 Å². The minimum atomic E-state index is -0.723. The van der Waals surface area contributed by atoms with Gasteiger partial charge < -0.3 is 48.8 Å². The summed E-state index contributed by atoms with van der Waals surface area (Å²) in [6.45, 7) is 8.55. The normalized spacial score (nSPS) is 23.6. The maximum atomic E-state index is 12.8. The van der Waals surface area contributed by atoms with E-state index >= 15 is 0 Å². The molecule has 0 spiro atoms. The van der Waals surface area contributed by atoms with E-state index < -0.39 is 11.7 Å². The number of aromatic amines is 1. The number of hydrogen-bond donors (Lipinski definition) is 4. The van der Waals surface area contributed by atoms with Crippen molar-refractivity contribution in [3.63, 3.8) is 0 Å². The fourth-order valence-electron chi connectivity index (χ4n) is 6.70. The van der Waals surface area contributed by atoms with Crippen LogP contribution in [0.2, 0.25) is 0 Å². The molecule has 0 bridgehead atoms. The summed E-state index contributed by atoms with van der Waals surface area (Å²) in [4.78, 5) is 18.3. The lowest BCUT2D eigenvalue weighted by Gasteiger charge is -2.39. The summed E-state index contributed by atoms with van der Waals surface area (Å²) in [5.74, 6) is 1.96. The second kappa shape index (κ2) is 15.0. The summed E-state index contributed by atoms with van der Waals surface area (Å²) in [5, 5.41) is 25.9. The highest BCUT2D eigenvalue weighted by Gasteiger charge is 2.35. The average Bonchev–Trinajstić information content (AvgIpc) is 3.67. The Bertz CT molecular complexity index is 1620. The molecule has 1 aliphatic carbocycles. The summed E-state index contributed by atoms with van der Waals surface area (Å²) >= 11 is 0. The van der Waals surface area contributed by atoms with E-state index in [1.54, 1.807) is 12.3 Å². The Kier molecular flexibility index (Phi) is 10.6. The smallest absolute Gasteiger partial charge is 0.414 e. The number of hydrogen-bond acceptors (Lipinski definition) is 9. The standard InChI is InChI=1S/C36H47N3O8/c1-3-43-17-18-44-27-7-8-28-25(23-46-33(28)19-27)22-45-32-6-4-5-30-29(32)20-34(38-30)47-35(41)37-26-9-12-36(42,13-10-26)14-16-39-15-11-31(40)24(2)21-39/h4-8,19-20,23-24,26,31,38,40,42H,3,9-18,21-22H2,1-2H3,(H,37,41)/t24-,26?,31-,36?/m0/s1. The molecule has 1 saturated carbocycles. The van der Waals surface area contributed by atoms with E-state index in [1.165, 1.54) is 0 Å². The lowest BCUT2D eigenvalue weighted by molar-refractivity contribution is -0.0271. The Balaban J connectivity index is 0.982. The van der Waals surface area contributed by atoms with Crippen LogP contribution in [0.5, 0.6) is 17.4 Å². The van der Waals surface area contributed by atoms with Gasteiger partial charge in [0.1, 0.15) is 30.3 Å². The maximum Gasteiger partial charge on any atom is 0.414 e. The Hall–Kier alpha value is -3.77. The van der Waals surface area contributed by atoms with Crippen molar-refractivity contribution in [2.75, 3.05) is 39.5 Å². The maximum absolute atomic E-state index is 12.8. The highest BCUT2D eigenvalue weighted by molar-refractivity contribution is 5.88. The molecule has 3 heterocycles. The third kappa shape index (κ3) is 8.39. The number of ether oxygens (including phenoxy) is 4. The molecule has 0 unspecified atom stereocenters. The zero-order valence-electron chi connectivity index (χ0n) is 27.3. The number of aliphatic hydroxyl groups is 2. The van der Waals surface area contributed by atoms with Gasteiger partial charge >= 0.3 is 6.09 Å². The number of aromatic nitrogens is 1. The van der Waals surface area contributed by atoms with Crippen LogP contribution in [0.3, 0.4) is 0 Å². The SMILES string of the molecule is CCOCCOc1ccc2c(COc3cccc4[nH]c(OC(=O)NC5CCC(O)(CCN6CC[C@H](O)[C@@H](C)C6)CC5)cc34)coc2c1. The molecule has 2 aromatic heterocycles. The van der Waals surface area contributed by atoms with Crippen LogP contribution >= 0.6 is 0 Å². The van der Waals surface area contributed by atoms with Crippen LogP contribution in [-0.4, -0.2) is 83.4 Å². The number of likely N-dealkylation sites (tertiary alicyclic amines) is 1. The zero-order valence-corrected chi connectivity index (χ0v) is 27.3. The van der Waals surface area contributed by atoms with Crippen LogP contribution < -0.4 is 19.5 Å². The first-order chi connectivity index (χ1) is 22.8. The largest absolute Gasteiger partial charge is 0.491 e. The molecule has 6 rings (SSSR count). The van der Waals surface area contributed by atoms with E-state index in [9.17, 15) is 15.0 Å². The van der Waals surface area contributed by atoms with E-state index in [0.717, 1.165) is 59.2 Å². The first kappa shape index (κ1) is 33.1. The Labute approximate surface area is 275 Å². The van der Waals surface area contributed by atoms with Gasteiger partial charge in [-0.05, 0) is 75.6 Å². The predicted molar refractivity (Wildman–Crippen MR) is 178 cm³/mol. The van der Waals surface area contributed by atoms with Crippen LogP contribution in [0.4, 0.5) is 4.79 Å². The number of piperidine rings is 1. The quantitative estimate of drug-likeness (QED) is 0.133. The van der Waals surface area contributed by atoms with Crippen LogP contribution in [0, 0.1) is 5.92 Å². The predicted octanol–water partition coefficient (Wildman–Crippen LogP) is 5.76. The molecule has 1 amide bonds. The molecule has 4 aromatic rings. The number of furan rings is 1. The minimum Gasteiger partial charge on any atom is -0.491 e. The van der Waals surface area contributed by atoms with E-state index in [-0.39, 0.29) is 18.1 Å². The third-order valence-corrected chi connectivity index (χ3v) is 9.59. The molecule has 2 atom stereocenters. The van der Waals surface area contributed by atoms with Gasteiger partial charge in [-0.2, -0.15) is 0 Å². The fraction of sp³-hybridized carbons (Fsp3) is 0.528. The lowest BCUT2D eigenvalue weighted by Crippen LogP contribution is -2.47. The first-order valence-electron chi connectivity index (χ1n) is 16.8. The second-order valence-electron chi connectivity index (χ2n) is 13.0. The molecule has 47 heavy (non-hydrogen) atoms. The highest BCUT2D eigenvalue weighted by Crippen LogP contribution is 2.34. The molecule has 2 aromatic carbocycles. The van der Waals surface area contributed by atoms with Crippen LogP contribution in [0.1, 0.15) is 57.9 Å². The summed E-state index contributed by atoms with van der Waals surface area (Å²) in [6, 6.07) is 13.1. The molecular formula is C36H47N3O8. The van der Waals surface area contributed by atoms with Gasteiger partial charge in [-0.3, -0.25) is 0 Å². The molecule has 1 saturated heterocycles. The Morgan fingerprint density at radius 2 is 1.96 bits per heavy atom. The number of carbonyl (C=O) groups excluding carboxylic acids is 1. The molecule has 254 valence electrons. The monoisotopic (exact) mass is 649 g/mol. The molecule has 2 aliphatic rings. The third-order valence-electron chi connectivity index (χ3n) is 9.59. The second-order valence-corrected chi connectivity index (χ2v) is 13.0. The first-order valence-corrected chi connectivity index (χ1v) is 16.8. The summed E-state index contributed by atoms with van der Waals surface area (Å²) in [7, 11) is 0. The van der Waals surface area contributed by atoms with Gasteiger partial charge in [0.2, 0.25) is 5.88 Å². The van der Waals surface area contributed by atoms with Gasteiger partial charge in [-0.25, -0.2) is 4.79 Å². The summed E-state index contributed by atoms with van der Waals surface area (Å²) in [5.41, 5.74) is 1.69. The number of rotatable bonds is 13. The molecule has 11 heteroatoms. The van der Waals surface area contributed by atoms with Crippen molar-refractivity contribution in [2.45, 2.75) is 76.7 Å². The van der Waals surface area contributed by atoms with Gasteiger partial charge in [0, 0.05) is 60.8 Å². The van der Waals surface area contributed by atoms with Gasteiger partial charge in [0.05, 0.1) is 30.1 Å². The lowest BCUT2D eigenvalue weighted by atomic mass is 9.80. The number of fused-ring (bicyclic) bond motifs is 2. The highest BCUT2D eigenvalue weighted by atomic mass is 16.6. The van der Waals surface area contributed by atoms with Crippen LogP contribution in [-0.2, 0) is 11.3 Å². The molecule has 0 radical (unpaired) electrons. The van der Waals surface area contributed by atoms with Gasteiger partial charge in [0.15, 0.2) is 0 Å². The van der Waals surface area contributed by atoms with Crippen LogP contribution in [0.25, 0.3) is 21.9 Å².